The highest BCUT2D eigenvalue weighted by Crippen LogP contribution is 2.22. The number of carbonyl (C=O) groups excluding carboxylic acids is 1. The van der Waals surface area contributed by atoms with Gasteiger partial charge in [0, 0.05) is 48.2 Å². The molecular weight excluding hydrogens is 260 g/mol. The molecule has 1 heterocycles. The van der Waals surface area contributed by atoms with E-state index in [0.717, 1.165) is 30.6 Å². The van der Waals surface area contributed by atoms with Gasteiger partial charge >= 0.3 is 0 Å². The molecule has 98 valence electrons. The first-order valence-electron chi connectivity index (χ1n) is 6.06. The van der Waals surface area contributed by atoms with E-state index >= 15 is 0 Å². The number of benzene rings is 1. The molecular formula is C15H15ClN2O. The molecule has 0 fully saturated rings. The molecule has 1 aromatic heterocycles. The third-order valence-electron chi connectivity index (χ3n) is 2.96. The van der Waals surface area contributed by atoms with E-state index in [4.69, 9.17) is 11.6 Å². The van der Waals surface area contributed by atoms with E-state index < -0.39 is 0 Å². The summed E-state index contributed by atoms with van der Waals surface area (Å²) < 4.78 is 0. The van der Waals surface area contributed by atoms with Crippen molar-refractivity contribution in [1.29, 1.82) is 0 Å². The van der Waals surface area contributed by atoms with Gasteiger partial charge < -0.3 is 4.90 Å². The van der Waals surface area contributed by atoms with Crippen LogP contribution < -0.4 is 4.90 Å². The van der Waals surface area contributed by atoms with E-state index in [0.29, 0.717) is 10.6 Å². The fourth-order valence-corrected chi connectivity index (χ4v) is 2.10. The molecule has 0 saturated heterocycles. The Labute approximate surface area is 117 Å². The Kier molecular flexibility index (Phi) is 4.53. The van der Waals surface area contributed by atoms with E-state index in [1.807, 2.05) is 36.2 Å². The number of rotatable bonds is 5. The molecule has 0 radical (unpaired) electrons. The molecule has 4 heteroatoms. The number of hydrogen-bond acceptors (Lipinski definition) is 3. The monoisotopic (exact) mass is 274 g/mol. The van der Waals surface area contributed by atoms with Crippen molar-refractivity contribution in [2.24, 2.45) is 0 Å². The van der Waals surface area contributed by atoms with Gasteiger partial charge in [-0.2, -0.15) is 0 Å². The summed E-state index contributed by atoms with van der Waals surface area (Å²) in [6.45, 7) is 0.791. The van der Waals surface area contributed by atoms with Crippen LogP contribution in [0.25, 0.3) is 0 Å². The Morgan fingerprint density at radius 1 is 1.32 bits per heavy atom. The highest BCUT2D eigenvalue weighted by molar-refractivity contribution is 6.31. The Hall–Kier alpha value is -1.87. The topological polar surface area (TPSA) is 33.2 Å². The van der Waals surface area contributed by atoms with Crippen molar-refractivity contribution in [2.75, 3.05) is 18.5 Å². The first kappa shape index (κ1) is 13.6. The minimum atomic E-state index is 0.573. The van der Waals surface area contributed by atoms with Crippen LogP contribution >= 0.6 is 11.6 Å². The van der Waals surface area contributed by atoms with Gasteiger partial charge in [-0.3, -0.25) is 9.78 Å². The first-order valence-corrected chi connectivity index (χ1v) is 6.44. The standard InChI is InChI=1S/C15H15ClN2O/c1-18(9-7-14-4-2-3-8-17-14)15-6-5-13(16)10-12(15)11-19/h2-6,8,10-11H,7,9H2,1H3. The normalized spacial score (nSPS) is 10.2. The molecule has 3 nitrogen and oxygen atoms in total. The fourth-order valence-electron chi connectivity index (χ4n) is 1.92. The average Bonchev–Trinajstić information content (AvgIpc) is 2.45. The summed E-state index contributed by atoms with van der Waals surface area (Å²) in [5.74, 6) is 0. The number of halogens is 1. The molecule has 19 heavy (non-hydrogen) atoms. The van der Waals surface area contributed by atoms with Crippen LogP contribution in [0.5, 0.6) is 0 Å². The number of hydrogen-bond donors (Lipinski definition) is 0. The molecule has 0 amide bonds. The largest absolute Gasteiger partial charge is 0.374 e. The summed E-state index contributed by atoms with van der Waals surface area (Å²) in [7, 11) is 1.96. The number of anilines is 1. The van der Waals surface area contributed by atoms with Gasteiger partial charge in [0.15, 0.2) is 6.29 Å². The van der Waals surface area contributed by atoms with E-state index in [-0.39, 0.29) is 0 Å². The second-order valence-corrected chi connectivity index (χ2v) is 4.75. The summed E-state index contributed by atoms with van der Waals surface area (Å²) in [5, 5.41) is 0.573. The molecule has 2 rings (SSSR count). The van der Waals surface area contributed by atoms with Crippen molar-refractivity contribution in [2.45, 2.75) is 6.42 Å². The van der Waals surface area contributed by atoms with Crippen LogP contribution in [0.1, 0.15) is 16.1 Å². The molecule has 0 atom stereocenters. The molecule has 0 spiro atoms. The SMILES string of the molecule is CN(CCc1ccccn1)c1ccc(Cl)cc1C=O. The molecule has 0 N–H and O–H groups in total. The fraction of sp³-hybridized carbons (Fsp3) is 0.200. The summed E-state index contributed by atoms with van der Waals surface area (Å²) in [4.78, 5) is 17.4. The van der Waals surface area contributed by atoms with Gasteiger partial charge in [-0.25, -0.2) is 0 Å². The Morgan fingerprint density at radius 2 is 2.16 bits per heavy atom. The molecule has 0 unspecified atom stereocenters. The van der Waals surface area contributed by atoms with Crippen LogP contribution in [0.3, 0.4) is 0 Å². The number of nitrogens with zero attached hydrogens (tertiary/aromatic N) is 2. The van der Waals surface area contributed by atoms with Gasteiger partial charge in [-0.15, -0.1) is 0 Å². The summed E-state index contributed by atoms with van der Waals surface area (Å²) in [6, 6.07) is 11.2. The molecule has 0 aliphatic rings. The Balaban J connectivity index is 2.08. The van der Waals surface area contributed by atoms with Crippen molar-refractivity contribution < 1.29 is 4.79 Å². The van der Waals surface area contributed by atoms with Crippen molar-refractivity contribution >= 4 is 23.6 Å². The maximum Gasteiger partial charge on any atom is 0.152 e. The van der Waals surface area contributed by atoms with Crippen LogP contribution in [-0.4, -0.2) is 24.9 Å². The summed E-state index contributed by atoms with van der Waals surface area (Å²) >= 11 is 5.89. The van der Waals surface area contributed by atoms with Gasteiger partial charge in [-0.1, -0.05) is 17.7 Å². The second kappa shape index (κ2) is 6.34. The Bertz CT molecular complexity index is 557. The van der Waals surface area contributed by atoms with Crippen molar-refractivity contribution in [3.05, 3.63) is 58.9 Å². The molecule has 0 saturated carbocycles. The predicted molar refractivity (Wildman–Crippen MR) is 78.1 cm³/mol. The zero-order chi connectivity index (χ0) is 13.7. The zero-order valence-electron chi connectivity index (χ0n) is 10.7. The lowest BCUT2D eigenvalue weighted by Gasteiger charge is -2.20. The van der Waals surface area contributed by atoms with Gasteiger partial charge in [0.25, 0.3) is 0 Å². The number of carbonyl (C=O) groups is 1. The molecule has 0 aliphatic heterocycles. The van der Waals surface area contributed by atoms with Crippen molar-refractivity contribution in [1.82, 2.24) is 4.98 Å². The number of likely N-dealkylation sites (N-methyl/N-ethyl adjacent to an activating group) is 1. The van der Waals surface area contributed by atoms with Crippen LogP contribution in [0.2, 0.25) is 5.02 Å². The van der Waals surface area contributed by atoms with Crippen LogP contribution in [0.4, 0.5) is 5.69 Å². The van der Waals surface area contributed by atoms with E-state index in [2.05, 4.69) is 4.98 Å². The lowest BCUT2D eigenvalue weighted by atomic mass is 10.1. The van der Waals surface area contributed by atoms with Crippen LogP contribution in [0.15, 0.2) is 42.6 Å². The maximum absolute atomic E-state index is 11.1. The summed E-state index contributed by atoms with van der Waals surface area (Å²) in [6.07, 6.45) is 3.45. The van der Waals surface area contributed by atoms with Crippen LogP contribution in [0, 0.1) is 0 Å². The average molecular weight is 275 g/mol. The Morgan fingerprint density at radius 3 is 2.84 bits per heavy atom. The molecule has 0 bridgehead atoms. The minimum absolute atomic E-state index is 0.573. The smallest absolute Gasteiger partial charge is 0.152 e. The molecule has 2 aromatic rings. The van der Waals surface area contributed by atoms with Crippen molar-refractivity contribution in [3.63, 3.8) is 0 Å². The lowest BCUT2D eigenvalue weighted by molar-refractivity contribution is 0.112. The van der Waals surface area contributed by atoms with E-state index in [9.17, 15) is 4.79 Å². The van der Waals surface area contributed by atoms with E-state index in [1.54, 1.807) is 18.3 Å². The number of pyridine rings is 1. The van der Waals surface area contributed by atoms with Crippen LogP contribution in [-0.2, 0) is 6.42 Å². The van der Waals surface area contributed by atoms with Gasteiger partial charge in [0.1, 0.15) is 0 Å². The third-order valence-corrected chi connectivity index (χ3v) is 3.19. The van der Waals surface area contributed by atoms with Crippen molar-refractivity contribution in [3.8, 4) is 0 Å². The highest BCUT2D eigenvalue weighted by Gasteiger charge is 2.08. The zero-order valence-corrected chi connectivity index (χ0v) is 11.5. The molecule has 0 aliphatic carbocycles. The van der Waals surface area contributed by atoms with E-state index in [1.165, 1.54) is 0 Å². The number of aldehydes is 1. The minimum Gasteiger partial charge on any atom is -0.374 e. The van der Waals surface area contributed by atoms with Gasteiger partial charge in [0.2, 0.25) is 0 Å². The number of aromatic nitrogens is 1. The first-order chi connectivity index (χ1) is 9.20. The third kappa shape index (κ3) is 3.55. The molecule has 1 aromatic carbocycles. The lowest BCUT2D eigenvalue weighted by Crippen LogP contribution is -2.21. The second-order valence-electron chi connectivity index (χ2n) is 4.31. The predicted octanol–water partition coefficient (Wildman–Crippen LogP) is 3.23. The quantitative estimate of drug-likeness (QED) is 0.785. The van der Waals surface area contributed by atoms with Gasteiger partial charge in [-0.05, 0) is 30.3 Å². The summed E-state index contributed by atoms with van der Waals surface area (Å²) in [5.41, 5.74) is 2.53. The maximum atomic E-state index is 11.1. The van der Waals surface area contributed by atoms with Gasteiger partial charge in [0.05, 0.1) is 0 Å². The highest BCUT2D eigenvalue weighted by atomic mass is 35.5.